The van der Waals surface area contributed by atoms with E-state index in [1.165, 1.54) is 77.4 Å². The largest absolute Gasteiger partial charge is 0.456 e. The van der Waals surface area contributed by atoms with E-state index in [1.54, 1.807) is 25.4 Å². The third-order valence-corrected chi connectivity index (χ3v) is 16.7. The summed E-state index contributed by atoms with van der Waals surface area (Å²) in [7, 11) is 3.99. The molecule has 2 heterocycles. The zero-order chi connectivity index (χ0) is 61.7. The highest BCUT2D eigenvalue weighted by Gasteiger charge is 2.50. The Labute approximate surface area is 515 Å². The van der Waals surface area contributed by atoms with Gasteiger partial charge in [0.15, 0.2) is 11.7 Å². The van der Waals surface area contributed by atoms with Crippen LogP contribution in [0, 0.1) is 20.8 Å². The molecule has 0 radical (unpaired) electrons. The molecule has 0 aliphatic heterocycles. The van der Waals surface area contributed by atoms with Gasteiger partial charge in [0, 0.05) is 69.2 Å². The molecular formula is C82H80N4O. The molecule has 11 aromatic rings. The van der Waals surface area contributed by atoms with Crippen LogP contribution in [-0.2, 0) is 17.9 Å². The highest BCUT2D eigenvalue weighted by Crippen LogP contribution is 2.59. The number of nitrogens with zero attached hydrogens (tertiary/aromatic N) is 4. The Kier molecular flexibility index (Phi) is 19.7. The SMILES string of the molecule is C=C/C=C(C=NC(=NC(=NC)c1ccccc1)c1cccc(C)c1)\C=C/C.C=C/C=c1\c(=C/C)oc2ccccc12.CC.Cc1ccccc1-c1ccc2c(c1C)C(C)(c1ccccc1)c1ccc3c4ccccc4n(C)c3c1C2(C)c1ccccc1. The number of aliphatic imine (C=N–C) groups is 3. The number of para-hydroxylation sites is 2. The second kappa shape index (κ2) is 27.8. The molecular weight excluding hydrogens is 1060 g/mol. The van der Waals surface area contributed by atoms with Gasteiger partial charge in [-0.15, -0.1) is 0 Å². The molecule has 0 bridgehead atoms. The average Bonchev–Trinajstić information content (AvgIpc) is 1.61. The van der Waals surface area contributed by atoms with Gasteiger partial charge in [0.05, 0.1) is 5.52 Å². The molecule has 2 aromatic heterocycles. The summed E-state index contributed by atoms with van der Waals surface area (Å²) in [6.45, 7) is 27.0. The van der Waals surface area contributed by atoms with Crippen molar-refractivity contribution in [2.45, 2.75) is 73.1 Å². The van der Waals surface area contributed by atoms with Crippen LogP contribution in [0.4, 0.5) is 0 Å². The maximum absolute atomic E-state index is 5.67. The first-order valence-electron chi connectivity index (χ1n) is 30.2. The summed E-state index contributed by atoms with van der Waals surface area (Å²) in [6.07, 6.45) is 15.1. The molecule has 1 aliphatic rings. The molecule has 0 spiro atoms. The molecule has 0 N–H and O–H groups in total. The Morgan fingerprint density at radius 3 is 1.78 bits per heavy atom. The van der Waals surface area contributed by atoms with Crippen LogP contribution in [0.15, 0.2) is 281 Å². The van der Waals surface area contributed by atoms with Crippen LogP contribution in [-0.4, -0.2) is 29.5 Å². The van der Waals surface area contributed by atoms with E-state index < -0.39 is 0 Å². The molecule has 5 heteroatoms. The molecule has 12 rings (SSSR count). The number of benzene rings is 9. The number of hydrogen-bond donors (Lipinski definition) is 0. The second-order valence-corrected chi connectivity index (χ2v) is 21.9. The van der Waals surface area contributed by atoms with Gasteiger partial charge in [-0.3, -0.25) is 4.99 Å². The standard InChI is InChI=1S/C43H37N.C24H25N3.C13H12O.C2H6/c1-28-16-12-13-21-32(28)33-24-26-36-39(29(33)2)42(3,30-17-8-6-9-18-30)37-27-25-35-34-22-14-15-23-38(34)44(5)41(35)40(37)43(36,4)31-19-10-7-11-20-31;1-5-11-20(12-6-2)18-26-24(22-16-10-13-19(3)17-22)27-23(25-4)21-14-8-7-9-15-21;1-3-7-10-11-8-5-6-9-13(11)14-12(10)4-2;1-2/h6-27H,1-5H3;5-18H,1H2,2-4H3;3-9H,1H2,2H3;1-2H3/b;12-6-,20-11+,25-23?,26-18?,27-24?;10-7-,12-4+;. The minimum Gasteiger partial charge on any atom is -0.456 e. The summed E-state index contributed by atoms with van der Waals surface area (Å²) in [4.78, 5) is 13.8. The van der Waals surface area contributed by atoms with Gasteiger partial charge in [0.25, 0.3) is 0 Å². The summed E-state index contributed by atoms with van der Waals surface area (Å²) < 4.78 is 8.11. The topological polar surface area (TPSA) is 55.1 Å². The van der Waals surface area contributed by atoms with Gasteiger partial charge in [-0.1, -0.05) is 263 Å². The Morgan fingerprint density at radius 1 is 0.563 bits per heavy atom. The molecule has 5 nitrogen and oxygen atoms in total. The Bertz CT molecular complexity index is 4550. The zero-order valence-corrected chi connectivity index (χ0v) is 52.4. The molecule has 434 valence electrons. The molecule has 1 aliphatic carbocycles. The summed E-state index contributed by atoms with van der Waals surface area (Å²) in [6, 6.07) is 75.7. The number of furan rings is 1. The van der Waals surface area contributed by atoms with Crippen molar-refractivity contribution >= 4 is 62.8 Å². The third-order valence-electron chi connectivity index (χ3n) is 16.7. The van der Waals surface area contributed by atoms with Gasteiger partial charge in [0.1, 0.15) is 11.0 Å². The number of allylic oxidation sites excluding steroid dienone is 6. The second-order valence-electron chi connectivity index (χ2n) is 21.9. The average molecular weight is 1140 g/mol. The summed E-state index contributed by atoms with van der Waals surface area (Å²) in [5.41, 5.74) is 21.2. The van der Waals surface area contributed by atoms with Gasteiger partial charge in [-0.05, 0) is 134 Å². The van der Waals surface area contributed by atoms with E-state index in [2.05, 4.69) is 221 Å². The third kappa shape index (κ3) is 12.2. The normalized spacial score (nSPS) is 16.2. The fourth-order valence-electron chi connectivity index (χ4n) is 12.6. The molecule has 0 saturated heterocycles. The lowest BCUT2D eigenvalue weighted by atomic mass is 9.53. The van der Waals surface area contributed by atoms with E-state index in [9.17, 15) is 0 Å². The van der Waals surface area contributed by atoms with Crippen molar-refractivity contribution in [2.75, 3.05) is 7.05 Å². The van der Waals surface area contributed by atoms with Crippen LogP contribution in [0.2, 0.25) is 0 Å². The molecule has 0 fully saturated rings. The van der Waals surface area contributed by atoms with Crippen LogP contribution in [0.25, 0.3) is 56.1 Å². The van der Waals surface area contributed by atoms with E-state index in [0.717, 1.165) is 43.9 Å². The smallest absolute Gasteiger partial charge is 0.161 e. The lowest BCUT2D eigenvalue weighted by Gasteiger charge is -2.49. The molecule has 9 aromatic carbocycles. The fourth-order valence-corrected chi connectivity index (χ4v) is 12.6. The summed E-state index contributed by atoms with van der Waals surface area (Å²) in [5, 5.41) is 4.87. The van der Waals surface area contributed by atoms with Crippen molar-refractivity contribution in [3.63, 3.8) is 0 Å². The lowest BCUT2D eigenvalue weighted by molar-refractivity contribution is 0.567. The van der Waals surface area contributed by atoms with E-state index in [0.29, 0.717) is 11.7 Å². The number of hydrogen-bond acceptors (Lipinski definition) is 2. The number of rotatable bonds is 9. The van der Waals surface area contributed by atoms with Gasteiger partial charge in [-0.25, -0.2) is 9.98 Å². The van der Waals surface area contributed by atoms with E-state index in [1.807, 2.05) is 119 Å². The van der Waals surface area contributed by atoms with Gasteiger partial charge in [0.2, 0.25) is 0 Å². The molecule has 2 atom stereocenters. The van der Waals surface area contributed by atoms with Gasteiger partial charge in [-0.2, -0.15) is 0 Å². The van der Waals surface area contributed by atoms with E-state index >= 15 is 0 Å². The van der Waals surface area contributed by atoms with E-state index in [4.69, 9.17) is 9.41 Å². The fraction of sp³-hybridized carbons (Fsp3) is 0.159. The number of fused-ring (bicyclic) bond motifs is 7. The zero-order valence-electron chi connectivity index (χ0n) is 52.4. The lowest BCUT2D eigenvalue weighted by Crippen LogP contribution is -2.42. The highest BCUT2D eigenvalue weighted by atomic mass is 16.3. The number of aromatic nitrogens is 1. The maximum atomic E-state index is 5.67. The van der Waals surface area contributed by atoms with E-state index in [-0.39, 0.29) is 10.8 Å². The highest BCUT2D eigenvalue weighted by molar-refractivity contribution is 6.14. The first-order chi connectivity index (χ1) is 42.4. The van der Waals surface area contributed by atoms with Crippen LogP contribution < -0.4 is 10.6 Å². The summed E-state index contributed by atoms with van der Waals surface area (Å²) in [5.74, 6) is 1.26. The van der Waals surface area contributed by atoms with Crippen molar-refractivity contribution in [2.24, 2.45) is 22.0 Å². The predicted molar refractivity (Wildman–Crippen MR) is 376 cm³/mol. The minimum atomic E-state index is -0.378. The molecule has 87 heavy (non-hydrogen) atoms. The van der Waals surface area contributed by atoms with Crippen molar-refractivity contribution in [1.29, 1.82) is 0 Å². The Morgan fingerprint density at radius 2 is 1.15 bits per heavy atom. The van der Waals surface area contributed by atoms with Crippen molar-refractivity contribution in [1.82, 2.24) is 4.57 Å². The maximum Gasteiger partial charge on any atom is 0.161 e. The summed E-state index contributed by atoms with van der Waals surface area (Å²) >= 11 is 0. The van der Waals surface area contributed by atoms with Crippen LogP contribution in [0.1, 0.15) is 103 Å². The first-order valence-corrected chi connectivity index (χ1v) is 30.2. The van der Waals surface area contributed by atoms with Crippen LogP contribution in [0.5, 0.6) is 0 Å². The van der Waals surface area contributed by atoms with Crippen molar-refractivity contribution in [3.8, 4) is 11.1 Å². The molecule has 0 amide bonds. The first kappa shape index (κ1) is 61.6. The van der Waals surface area contributed by atoms with Gasteiger partial charge < -0.3 is 8.98 Å². The predicted octanol–water partition coefficient (Wildman–Crippen LogP) is 19.4. The minimum absolute atomic E-state index is 0.367. The Balaban J connectivity index is 0.000000178. The molecule has 0 saturated carbocycles. The number of aryl methyl sites for hydroxylation is 3. The van der Waals surface area contributed by atoms with Crippen LogP contribution in [0.3, 0.4) is 0 Å². The van der Waals surface area contributed by atoms with Crippen molar-refractivity contribution < 1.29 is 4.42 Å². The molecule has 2 unspecified atom stereocenters. The monoisotopic (exact) mass is 1140 g/mol. The number of amidine groups is 2. The Hall–Kier alpha value is -9.97. The van der Waals surface area contributed by atoms with Gasteiger partial charge >= 0.3 is 0 Å². The van der Waals surface area contributed by atoms with Crippen molar-refractivity contribution in [3.05, 3.63) is 333 Å². The van der Waals surface area contributed by atoms with Crippen LogP contribution >= 0.6 is 0 Å². The quantitative estimate of drug-likeness (QED) is 0.0807.